The molecule has 3 rings (SSSR count). The van der Waals surface area contributed by atoms with Gasteiger partial charge in [0, 0.05) is 11.8 Å². The van der Waals surface area contributed by atoms with Crippen molar-refractivity contribution in [3.63, 3.8) is 0 Å². The molecule has 22 heavy (non-hydrogen) atoms. The van der Waals surface area contributed by atoms with Gasteiger partial charge in [-0.15, -0.1) is 0 Å². The van der Waals surface area contributed by atoms with E-state index in [1.807, 2.05) is 13.0 Å². The minimum atomic E-state index is -0.362. The van der Waals surface area contributed by atoms with Crippen LogP contribution in [0.25, 0.3) is 11.0 Å². The average Bonchev–Trinajstić information content (AvgIpc) is 2.93. The lowest BCUT2D eigenvalue weighted by Crippen LogP contribution is -2.12. The molecule has 0 spiro atoms. The fourth-order valence-corrected chi connectivity index (χ4v) is 2.67. The molecule has 0 fully saturated rings. The molecular formula is C14H12N4O3S. The third-order valence-corrected chi connectivity index (χ3v) is 3.72. The maximum atomic E-state index is 12.3. The largest absolute Gasteiger partial charge is 0.494 e. The lowest BCUT2D eigenvalue weighted by Gasteiger charge is -2.07. The Morgan fingerprint density at radius 1 is 1.41 bits per heavy atom. The SMILES string of the molecule is CCOc1cccc(NC(=O)c2snc3c(=O)[nH]cnc23)c1. The lowest BCUT2D eigenvalue weighted by atomic mass is 10.3. The number of H-pyrrole nitrogens is 1. The first kappa shape index (κ1) is 14.2. The summed E-state index contributed by atoms with van der Waals surface area (Å²) in [6.45, 7) is 2.43. The fraction of sp³-hybridized carbons (Fsp3) is 0.143. The Hall–Kier alpha value is -2.74. The molecule has 0 aliphatic heterocycles. The summed E-state index contributed by atoms with van der Waals surface area (Å²) in [5.41, 5.74) is 0.703. The molecule has 0 atom stereocenters. The Balaban J connectivity index is 1.89. The summed E-state index contributed by atoms with van der Waals surface area (Å²) in [7, 11) is 0. The number of amides is 1. The van der Waals surface area contributed by atoms with Gasteiger partial charge in [-0.1, -0.05) is 6.07 Å². The normalized spacial score (nSPS) is 10.6. The Kier molecular flexibility index (Phi) is 3.84. The molecule has 0 unspecified atom stereocenters. The highest BCUT2D eigenvalue weighted by Crippen LogP contribution is 2.21. The maximum Gasteiger partial charge on any atom is 0.278 e. The van der Waals surface area contributed by atoms with Crippen LogP contribution < -0.4 is 15.6 Å². The first-order valence-corrected chi connectivity index (χ1v) is 7.33. The van der Waals surface area contributed by atoms with Crippen LogP contribution in [0.4, 0.5) is 5.69 Å². The maximum absolute atomic E-state index is 12.3. The monoisotopic (exact) mass is 316 g/mol. The van der Waals surface area contributed by atoms with Crippen molar-refractivity contribution >= 4 is 34.2 Å². The summed E-state index contributed by atoms with van der Waals surface area (Å²) in [6.07, 6.45) is 1.26. The number of carbonyl (C=O) groups is 1. The van der Waals surface area contributed by atoms with Gasteiger partial charge in [0.05, 0.1) is 12.9 Å². The Bertz CT molecular complexity index is 887. The molecule has 112 valence electrons. The van der Waals surface area contributed by atoms with Crippen LogP contribution in [0.2, 0.25) is 0 Å². The number of rotatable bonds is 4. The number of nitrogens with zero attached hydrogens (tertiary/aromatic N) is 2. The number of aromatic amines is 1. The minimum absolute atomic E-state index is 0.167. The molecule has 2 N–H and O–H groups in total. The van der Waals surface area contributed by atoms with Crippen molar-refractivity contribution in [2.45, 2.75) is 6.92 Å². The molecule has 0 saturated heterocycles. The number of anilines is 1. The van der Waals surface area contributed by atoms with Crippen LogP contribution >= 0.6 is 11.5 Å². The van der Waals surface area contributed by atoms with Crippen molar-refractivity contribution in [2.24, 2.45) is 0 Å². The van der Waals surface area contributed by atoms with E-state index in [1.54, 1.807) is 18.2 Å². The third kappa shape index (κ3) is 2.68. The van der Waals surface area contributed by atoms with Gasteiger partial charge >= 0.3 is 0 Å². The number of nitrogens with one attached hydrogen (secondary N) is 2. The van der Waals surface area contributed by atoms with Crippen LogP contribution in [0.1, 0.15) is 16.6 Å². The second kappa shape index (κ2) is 5.94. The van der Waals surface area contributed by atoms with Gasteiger partial charge in [-0.3, -0.25) is 9.59 Å². The molecule has 1 amide bonds. The molecule has 7 nitrogen and oxygen atoms in total. The molecule has 3 aromatic rings. The molecular weight excluding hydrogens is 304 g/mol. The van der Waals surface area contributed by atoms with E-state index >= 15 is 0 Å². The predicted molar refractivity (Wildman–Crippen MR) is 83.6 cm³/mol. The van der Waals surface area contributed by atoms with Crippen molar-refractivity contribution < 1.29 is 9.53 Å². The van der Waals surface area contributed by atoms with E-state index in [4.69, 9.17) is 4.74 Å². The molecule has 0 bridgehead atoms. The van der Waals surface area contributed by atoms with Gasteiger partial charge in [0.25, 0.3) is 11.5 Å². The van der Waals surface area contributed by atoms with Gasteiger partial charge in [0.15, 0.2) is 5.52 Å². The zero-order chi connectivity index (χ0) is 15.5. The average molecular weight is 316 g/mol. The van der Waals surface area contributed by atoms with Crippen molar-refractivity contribution in [1.82, 2.24) is 14.3 Å². The van der Waals surface area contributed by atoms with Crippen LogP contribution in [-0.4, -0.2) is 26.9 Å². The number of fused-ring (bicyclic) bond motifs is 1. The number of aromatic nitrogens is 3. The molecule has 2 heterocycles. The van der Waals surface area contributed by atoms with Crippen molar-refractivity contribution in [2.75, 3.05) is 11.9 Å². The van der Waals surface area contributed by atoms with E-state index in [0.29, 0.717) is 28.4 Å². The molecule has 8 heteroatoms. The number of carbonyl (C=O) groups excluding carboxylic acids is 1. The van der Waals surface area contributed by atoms with Crippen LogP contribution in [0, 0.1) is 0 Å². The second-order valence-electron chi connectivity index (χ2n) is 4.36. The zero-order valence-corrected chi connectivity index (χ0v) is 12.4. The number of ether oxygens (including phenoxy) is 1. The Morgan fingerprint density at radius 3 is 3.09 bits per heavy atom. The van der Waals surface area contributed by atoms with Crippen molar-refractivity contribution in [3.8, 4) is 5.75 Å². The Labute approximate surface area is 129 Å². The summed E-state index contributed by atoms with van der Waals surface area (Å²) >= 11 is 0.943. The van der Waals surface area contributed by atoms with E-state index < -0.39 is 0 Å². The van der Waals surface area contributed by atoms with Gasteiger partial charge in [0.2, 0.25) is 0 Å². The topological polar surface area (TPSA) is 97.0 Å². The van der Waals surface area contributed by atoms with E-state index in [0.717, 1.165) is 11.5 Å². The molecule has 0 aliphatic carbocycles. The summed E-state index contributed by atoms with van der Waals surface area (Å²) in [6, 6.07) is 7.07. The van der Waals surface area contributed by atoms with E-state index in [9.17, 15) is 9.59 Å². The van der Waals surface area contributed by atoms with Crippen LogP contribution in [-0.2, 0) is 0 Å². The van der Waals surface area contributed by atoms with Crippen LogP contribution in [0.3, 0.4) is 0 Å². The van der Waals surface area contributed by atoms with E-state index in [2.05, 4.69) is 19.7 Å². The molecule has 1 aromatic carbocycles. The predicted octanol–water partition coefficient (Wildman–Crippen LogP) is 2.03. The van der Waals surface area contributed by atoms with Crippen LogP contribution in [0.15, 0.2) is 35.4 Å². The Morgan fingerprint density at radius 2 is 2.27 bits per heavy atom. The van der Waals surface area contributed by atoms with Gasteiger partial charge in [-0.2, -0.15) is 4.37 Å². The van der Waals surface area contributed by atoms with Gasteiger partial charge < -0.3 is 15.0 Å². The van der Waals surface area contributed by atoms with Crippen LogP contribution in [0.5, 0.6) is 5.75 Å². The van der Waals surface area contributed by atoms with Gasteiger partial charge in [0.1, 0.15) is 16.1 Å². The molecule has 0 radical (unpaired) electrons. The smallest absolute Gasteiger partial charge is 0.278 e. The summed E-state index contributed by atoms with van der Waals surface area (Å²) in [5, 5.41) is 2.75. The highest BCUT2D eigenvalue weighted by molar-refractivity contribution is 7.09. The van der Waals surface area contributed by atoms with Gasteiger partial charge in [-0.25, -0.2) is 4.98 Å². The minimum Gasteiger partial charge on any atom is -0.494 e. The van der Waals surface area contributed by atoms with E-state index in [-0.39, 0.29) is 17.0 Å². The molecule has 0 aliphatic rings. The summed E-state index contributed by atoms with van der Waals surface area (Å²) < 4.78 is 9.36. The standard InChI is InChI=1S/C14H12N4O3S/c1-2-21-9-5-3-4-8(6-9)17-14(20)12-10-11(18-22-12)13(19)16-7-15-10/h3-7H,2H2,1H3,(H,17,20)(H,15,16,19). The number of benzene rings is 1. The molecule has 2 aromatic heterocycles. The van der Waals surface area contributed by atoms with E-state index in [1.165, 1.54) is 6.33 Å². The first-order chi connectivity index (χ1) is 10.7. The fourth-order valence-electron chi connectivity index (χ4n) is 1.95. The second-order valence-corrected chi connectivity index (χ2v) is 5.13. The highest BCUT2D eigenvalue weighted by Gasteiger charge is 2.17. The number of hydrogen-bond donors (Lipinski definition) is 2. The third-order valence-electron chi connectivity index (χ3n) is 2.88. The quantitative estimate of drug-likeness (QED) is 0.767. The summed E-state index contributed by atoms with van der Waals surface area (Å²) in [5.74, 6) is 0.309. The van der Waals surface area contributed by atoms with Crippen molar-refractivity contribution in [1.29, 1.82) is 0 Å². The lowest BCUT2D eigenvalue weighted by molar-refractivity contribution is 0.103. The van der Waals surface area contributed by atoms with Crippen molar-refractivity contribution in [3.05, 3.63) is 45.8 Å². The highest BCUT2D eigenvalue weighted by atomic mass is 32.1. The zero-order valence-electron chi connectivity index (χ0n) is 11.6. The first-order valence-electron chi connectivity index (χ1n) is 6.56. The molecule has 0 saturated carbocycles. The number of hydrogen-bond acceptors (Lipinski definition) is 6. The summed E-state index contributed by atoms with van der Waals surface area (Å²) in [4.78, 5) is 30.7. The van der Waals surface area contributed by atoms with Gasteiger partial charge in [-0.05, 0) is 30.6 Å².